The van der Waals surface area contributed by atoms with Crippen LogP contribution in [0.2, 0.25) is 0 Å². The van der Waals surface area contributed by atoms with Crippen LogP contribution in [0.15, 0.2) is 48.5 Å². The second-order valence-electron chi connectivity index (χ2n) is 11.4. The van der Waals surface area contributed by atoms with Gasteiger partial charge in [0.25, 0.3) is 0 Å². The minimum absolute atomic E-state index is 0.120. The molecule has 6 heteroatoms. The number of para-hydroxylation sites is 2. The highest BCUT2D eigenvalue weighted by Gasteiger charge is 2.24. The molecule has 4 rings (SSSR count). The summed E-state index contributed by atoms with van der Waals surface area (Å²) in [5.41, 5.74) is 4.67. The molecular weight excluding hydrogens is 472 g/mol. The lowest BCUT2D eigenvalue weighted by Gasteiger charge is -2.33. The zero-order chi connectivity index (χ0) is 26.9. The molecule has 2 unspecified atom stereocenters. The number of carbonyl (C=O) groups is 2. The first kappa shape index (κ1) is 28.0. The molecule has 2 aliphatic heterocycles. The topological polar surface area (TPSA) is 64.7 Å². The lowest BCUT2D eigenvalue weighted by Crippen LogP contribution is -2.37. The van der Waals surface area contributed by atoms with E-state index >= 15 is 0 Å². The second-order valence-corrected chi connectivity index (χ2v) is 11.4. The van der Waals surface area contributed by atoms with E-state index in [9.17, 15) is 9.59 Å². The van der Waals surface area contributed by atoms with E-state index in [1.54, 1.807) is 0 Å². The summed E-state index contributed by atoms with van der Waals surface area (Å²) >= 11 is 0. The third-order valence-electron chi connectivity index (χ3n) is 7.85. The van der Waals surface area contributed by atoms with Crippen LogP contribution in [0.3, 0.4) is 0 Å². The van der Waals surface area contributed by atoms with Crippen molar-refractivity contribution in [3.05, 3.63) is 59.7 Å². The molecule has 38 heavy (non-hydrogen) atoms. The summed E-state index contributed by atoms with van der Waals surface area (Å²) in [5, 5.41) is 6.31. The van der Waals surface area contributed by atoms with Crippen LogP contribution in [0.4, 0.5) is 11.4 Å². The molecule has 0 aromatic heterocycles. The van der Waals surface area contributed by atoms with Crippen molar-refractivity contribution in [2.75, 3.05) is 36.0 Å². The number of carbonyl (C=O) groups excluding carboxylic acids is 2. The van der Waals surface area contributed by atoms with Gasteiger partial charge in [-0.1, -0.05) is 50.2 Å². The largest absolute Gasteiger partial charge is 0.371 e. The fourth-order valence-electron chi connectivity index (χ4n) is 5.98. The summed E-state index contributed by atoms with van der Waals surface area (Å²) in [4.78, 5) is 31.0. The van der Waals surface area contributed by atoms with Crippen molar-refractivity contribution in [2.45, 2.75) is 84.2 Å². The van der Waals surface area contributed by atoms with E-state index in [2.05, 4.69) is 76.7 Å². The van der Waals surface area contributed by atoms with Crippen molar-refractivity contribution in [3.8, 4) is 0 Å². The Labute approximate surface area is 229 Å². The molecule has 2 N–H and O–H groups in total. The van der Waals surface area contributed by atoms with E-state index in [0.29, 0.717) is 5.92 Å². The normalized spacial score (nSPS) is 17.7. The maximum Gasteiger partial charge on any atom is 0.229 e. The van der Waals surface area contributed by atoms with Gasteiger partial charge in [-0.05, 0) is 81.0 Å². The van der Waals surface area contributed by atoms with E-state index in [1.807, 2.05) is 13.0 Å². The highest BCUT2D eigenvalue weighted by molar-refractivity contribution is 5.97. The van der Waals surface area contributed by atoms with E-state index in [4.69, 9.17) is 0 Å². The van der Waals surface area contributed by atoms with E-state index < -0.39 is 0 Å². The van der Waals surface area contributed by atoms with Gasteiger partial charge in [0.1, 0.15) is 6.42 Å². The third-order valence-corrected chi connectivity index (χ3v) is 7.85. The van der Waals surface area contributed by atoms with Crippen molar-refractivity contribution in [1.29, 1.82) is 0 Å². The van der Waals surface area contributed by atoms with Gasteiger partial charge in [0.15, 0.2) is 0 Å². The van der Waals surface area contributed by atoms with Gasteiger partial charge >= 0.3 is 0 Å². The smallest absolute Gasteiger partial charge is 0.229 e. The van der Waals surface area contributed by atoms with Gasteiger partial charge in [-0.15, -0.1) is 0 Å². The molecule has 0 aliphatic carbocycles. The Kier molecular flexibility index (Phi) is 10.1. The van der Waals surface area contributed by atoms with E-state index in [0.717, 1.165) is 43.7 Å². The minimum Gasteiger partial charge on any atom is -0.371 e. The molecule has 2 aromatic carbocycles. The molecule has 2 atom stereocenters. The maximum atomic E-state index is 13.1. The first-order chi connectivity index (χ1) is 18.4. The van der Waals surface area contributed by atoms with E-state index in [-0.39, 0.29) is 30.3 Å². The molecule has 206 valence electrons. The summed E-state index contributed by atoms with van der Waals surface area (Å²) in [7, 11) is 0. The number of piperidine rings is 2. The van der Waals surface area contributed by atoms with Gasteiger partial charge in [-0.3, -0.25) is 9.59 Å². The number of anilines is 2. The molecule has 6 nitrogen and oxygen atoms in total. The Hall–Kier alpha value is -3.02. The van der Waals surface area contributed by atoms with Crippen molar-refractivity contribution in [3.63, 3.8) is 0 Å². The maximum absolute atomic E-state index is 13.1. The predicted octanol–water partition coefficient (Wildman–Crippen LogP) is 6.14. The van der Waals surface area contributed by atoms with Crippen LogP contribution in [0, 0.1) is 5.92 Å². The molecule has 2 aromatic rings. The van der Waals surface area contributed by atoms with Crippen LogP contribution in [0.5, 0.6) is 0 Å². The molecule has 0 spiro atoms. The molecule has 2 saturated heterocycles. The SMILES string of the molecule is CC(C)CC(NC(=O)CC(=O)NC(C)c1ccccc1N1CCCCC1)c1ccccc1N1CCCCC1. The summed E-state index contributed by atoms with van der Waals surface area (Å²) in [6.45, 7) is 10.6. The number of nitrogens with one attached hydrogen (secondary N) is 2. The second kappa shape index (κ2) is 13.7. The first-order valence-corrected chi connectivity index (χ1v) is 14.7. The van der Waals surface area contributed by atoms with Crippen molar-refractivity contribution < 1.29 is 9.59 Å². The van der Waals surface area contributed by atoms with Gasteiger partial charge in [-0.25, -0.2) is 0 Å². The molecule has 0 bridgehead atoms. The number of nitrogens with zero attached hydrogens (tertiary/aromatic N) is 2. The summed E-state index contributed by atoms with van der Waals surface area (Å²) in [6, 6.07) is 16.5. The van der Waals surface area contributed by atoms with Gasteiger partial charge in [0.05, 0.1) is 12.1 Å². The zero-order valence-electron chi connectivity index (χ0n) is 23.5. The van der Waals surface area contributed by atoms with Gasteiger partial charge < -0.3 is 20.4 Å². The molecular formula is C32H46N4O2. The average Bonchev–Trinajstić information content (AvgIpc) is 2.93. The monoisotopic (exact) mass is 518 g/mol. The van der Waals surface area contributed by atoms with Crippen LogP contribution in [-0.2, 0) is 9.59 Å². The molecule has 2 fully saturated rings. The Morgan fingerprint density at radius 1 is 0.684 bits per heavy atom. The fourth-order valence-corrected chi connectivity index (χ4v) is 5.98. The van der Waals surface area contributed by atoms with E-state index in [1.165, 1.54) is 49.9 Å². The van der Waals surface area contributed by atoms with Crippen molar-refractivity contribution >= 4 is 23.2 Å². The number of hydrogen-bond acceptors (Lipinski definition) is 4. The zero-order valence-corrected chi connectivity index (χ0v) is 23.5. The average molecular weight is 519 g/mol. The Morgan fingerprint density at radius 2 is 1.16 bits per heavy atom. The Balaban J connectivity index is 1.41. The number of benzene rings is 2. The quantitative estimate of drug-likeness (QED) is 0.371. The summed E-state index contributed by atoms with van der Waals surface area (Å²) < 4.78 is 0. The minimum atomic E-state index is -0.240. The van der Waals surface area contributed by atoms with Crippen LogP contribution in [0.25, 0.3) is 0 Å². The third kappa shape index (κ3) is 7.52. The summed E-state index contributed by atoms with van der Waals surface area (Å²) in [5.74, 6) is -0.0518. The molecule has 0 saturated carbocycles. The number of rotatable bonds is 10. The van der Waals surface area contributed by atoms with Crippen LogP contribution < -0.4 is 20.4 Å². The lowest BCUT2D eigenvalue weighted by atomic mass is 9.94. The molecule has 0 radical (unpaired) electrons. The summed E-state index contributed by atoms with van der Waals surface area (Å²) in [6.07, 6.45) is 8.03. The molecule has 2 amide bonds. The van der Waals surface area contributed by atoms with Crippen LogP contribution in [-0.4, -0.2) is 38.0 Å². The highest BCUT2D eigenvalue weighted by atomic mass is 16.2. The predicted molar refractivity (Wildman–Crippen MR) is 157 cm³/mol. The lowest BCUT2D eigenvalue weighted by molar-refractivity contribution is -0.130. The van der Waals surface area contributed by atoms with Crippen molar-refractivity contribution in [1.82, 2.24) is 10.6 Å². The first-order valence-electron chi connectivity index (χ1n) is 14.7. The van der Waals surface area contributed by atoms with Crippen molar-refractivity contribution in [2.24, 2.45) is 5.92 Å². The van der Waals surface area contributed by atoms with Crippen LogP contribution in [0.1, 0.15) is 95.3 Å². The van der Waals surface area contributed by atoms with Gasteiger partial charge in [0.2, 0.25) is 11.8 Å². The number of amides is 2. The Morgan fingerprint density at radius 3 is 1.71 bits per heavy atom. The number of hydrogen-bond donors (Lipinski definition) is 2. The van der Waals surface area contributed by atoms with Gasteiger partial charge in [0, 0.05) is 37.6 Å². The molecule has 2 aliphatic rings. The highest BCUT2D eigenvalue weighted by Crippen LogP contribution is 2.32. The van der Waals surface area contributed by atoms with Crippen LogP contribution >= 0.6 is 0 Å². The standard InChI is InChI=1S/C32H46N4O2/c1-24(2)22-28(27-15-7-9-17-30(27)36-20-12-5-13-21-36)34-32(38)23-31(37)33-25(3)26-14-6-8-16-29(26)35-18-10-4-11-19-35/h6-9,14-17,24-25,28H,4-5,10-13,18-23H2,1-3H3,(H,33,37)(H,34,38). The Bertz CT molecular complexity index is 1060. The molecule has 2 heterocycles. The van der Waals surface area contributed by atoms with Gasteiger partial charge in [-0.2, -0.15) is 0 Å². The fraction of sp³-hybridized carbons (Fsp3) is 0.562.